The lowest BCUT2D eigenvalue weighted by molar-refractivity contribution is -0.141. The number of thioether (sulfide) groups is 1. The number of hydrogen-bond donors (Lipinski definition) is 0. The molecule has 0 saturated heterocycles. The Kier molecular flexibility index (Phi) is 5.51. The van der Waals surface area contributed by atoms with Gasteiger partial charge in [-0.25, -0.2) is 4.98 Å². The minimum atomic E-state index is -0.230. The fraction of sp³-hybridized carbons (Fsp3) is 0.0909. The molecule has 5 heteroatoms. The van der Waals surface area contributed by atoms with Crippen LogP contribution in [0.4, 0.5) is 0 Å². The zero-order chi connectivity index (χ0) is 18.5. The van der Waals surface area contributed by atoms with Gasteiger partial charge in [-0.1, -0.05) is 78.5 Å². The van der Waals surface area contributed by atoms with Crippen LogP contribution in [-0.4, -0.2) is 16.7 Å². The molecule has 4 aromatic rings. The summed E-state index contributed by atoms with van der Waals surface area (Å²) in [7, 11) is 0. The lowest BCUT2D eigenvalue weighted by Crippen LogP contribution is -2.07. The number of ether oxygens (including phenoxy) is 1. The number of benzene rings is 3. The lowest BCUT2D eigenvalue weighted by Gasteiger charge is -2.06. The van der Waals surface area contributed by atoms with E-state index in [1.807, 2.05) is 66.7 Å². The van der Waals surface area contributed by atoms with E-state index in [2.05, 4.69) is 17.1 Å². The molecule has 0 bridgehead atoms. The summed E-state index contributed by atoms with van der Waals surface area (Å²) in [5.74, 6) is 0.0356. The molecule has 0 radical (unpaired) electrons. The van der Waals surface area contributed by atoms with E-state index in [1.54, 1.807) is 11.3 Å². The molecular weight excluding hydrogens is 374 g/mol. The number of hydrogen-bond acceptors (Lipinski definition) is 5. The average molecular weight is 392 g/mol. The van der Waals surface area contributed by atoms with Crippen LogP contribution in [0.2, 0.25) is 0 Å². The summed E-state index contributed by atoms with van der Waals surface area (Å²) in [6, 6.07) is 26.3. The number of nitrogens with zero attached hydrogens (tertiary/aromatic N) is 1. The average Bonchev–Trinajstić information content (AvgIpc) is 3.15. The number of para-hydroxylation sites is 1. The van der Waals surface area contributed by atoms with Crippen molar-refractivity contribution in [2.75, 3.05) is 5.75 Å². The molecule has 1 aromatic heterocycles. The van der Waals surface area contributed by atoms with Gasteiger partial charge in [0, 0.05) is 0 Å². The highest BCUT2D eigenvalue weighted by Gasteiger charge is 2.09. The normalized spacial score (nSPS) is 10.8. The van der Waals surface area contributed by atoms with E-state index in [-0.39, 0.29) is 18.3 Å². The van der Waals surface area contributed by atoms with E-state index in [0.29, 0.717) is 0 Å². The first-order valence-corrected chi connectivity index (χ1v) is 10.4. The van der Waals surface area contributed by atoms with Crippen molar-refractivity contribution in [2.45, 2.75) is 10.9 Å². The molecule has 27 heavy (non-hydrogen) atoms. The van der Waals surface area contributed by atoms with Crippen molar-refractivity contribution in [3.05, 3.63) is 84.4 Å². The van der Waals surface area contributed by atoms with Crippen LogP contribution in [-0.2, 0) is 16.1 Å². The maximum absolute atomic E-state index is 12.0. The summed E-state index contributed by atoms with van der Waals surface area (Å²) in [6.45, 7) is 0.286. The van der Waals surface area contributed by atoms with Gasteiger partial charge in [-0.05, 0) is 28.8 Å². The molecule has 4 rings (SSSR count). The Hall–Kier alpha value is -2.63. The Labute approximate surface area is 166 Å². The van der Waals surface area contributed by atoms with E-state index < -0.39 is 0 Å². The molecule has 0 unspecified atom stereocenters. The van der Waals surface area contributed by atoms with Crippen molar-refractivity contribution in [1.82, 2.24) is 4.98 Å². The highest BCUT2D eigenvalue weighted by molar-refractivity contribution is 8.01. The summed E-state index contributed by atoms with van der Waals surface area (Å²) in [6.07, 6.45) is 0. The van der Waals surface area contributed by atoms with Gasteiger partial charge in [-0.15, -0.1) is 11.3 Å². The Balaban J connectivity index is 1.28. The Morgan fingerprint density at radius 1 is 0.889 bits per heavy atom. The number of carbonyl (C=O) groups excluding carboxylic acids is 1. The van der Waals surface area contributed by atoms with Crippen LogP contribution in [0.25, 0.3) is 21.3 Å². The number of aromatic nitrogens is 1. The summed E-state index contributed by atoms with van der Waals surface area (Å²) >= 11 is 3.02. The predicted octanol–water partition coefficient (Wildman–Crippen LogP) is 5.80. The molecule has 1 heterocycles. The van der Waals surface area contributed by atoms with Crippen molar-refractivity contribution in [1.29, 1.82) is 0 Å². The maximum Gasteiger partial charge on any atom is 0.316 e. The molecule has 0 aliphatic rings. The van der Waals surface area contributed by atoms with E-state index in [0.717, 1.165) is 25.7 Å². The molecule has 0 spiro atoms. The van der Waals surface area contributed by atoms with Crippen molar-refractivity contribution in [3.63, 3.8) is 0 Å². The van der Waals surface area contributed by atoms with E-state index >= 15 is 0 Å². The number of carbonyl (C=O) groups is 1. The van der Waals surface area contributed by atoms with Crippen molar-refractivity contribution < 1.29 is 9.53 Å². The summed E-state index contributed by atoms with van der Waals surface area (Å²) < 4.78 is 7.41. The Morgan fingerprint density at radius 3 is 2.37 bits per heavy atom. The van der Waals surface area contributed by atoms with Crippen LogP contribution in [0.15, 0.2) is 83.2 Å². The topological polar surface area (TPSA) is 39.2 Å². The molecule has 134 valence electrons. The number of thiazole rings is 1. The highest BCUT2D eigenvalue weighted by atomic mass is 32.2. The quantitative estimate of drug-likeness (QED) is 0.308. The molecule has 0 atom stereocenters. The highest BCUT2D eigenvalue weighted by Crippen LogP contribution is 2.29. The van der Waals surface area contributed by atoms with Gasteiger partial charge in [-0.2, -0.15) is 0 Å². The van der Waals surface area contributed by atoms with Crippen LogP contribution < -0.4 is 0 Å². The van der Waals surface area contributed by atoms with Crippen molar-refractivity contribution in [3.8, 4) is 11.1 Å². The van der Waals surface area contributed by atoms with Crippen molar-refractivity contribution >= 4 is 39.3 Å². The number of fused-ring (bicyclic) bond motifs is 1. The summed E-state index contributed by atoms with van der Waals surface area (Å²) in [5, 5.41) is 0. The largest absolute Gasteiger partial charge is 0.460 e. The monoisotopic (exact) mass is 391 g/mol. The molecule has 0 saturated carbocycles. The first-order chi connectivity index (χ1) is 13.3. The van der Waals surface area contributed by atoms with Crippen LogP contribution in [0, 0.1) is 0 Å². The van der Waals surface area contributed by atoms with Crippen LogP contribution >= 0.6 is 23.1 Å². The molecule has 0 aliphatic carbocycles. The third kappa shape index (κ3) is 4.56. The standard InChI is InChI=1S/C22H17NO2S2/c24-21(15-26-22-23-19-8-4-5-9-20(19)27-22)25-14-16-10-12-18(13-11-16)17-6-2-1-3-7-17/h1-13H,14-15H2. The van der Waals surface area contributed by atoms with Gasteiger partial charge in [-0.3, -0.25) is 4.79 Å². The SMILES string of the molecule is O=C(CSc1nc2ccccc2s1)OCc1ccc(-c2ccccc2)cc1. The van der Waals surface area contributed by atoms with Gasteiger partial charge in [0.15, 0.2) is 4.34 Å². The van der Waals surface area contributed by atoms with Gasteiger partial charge in [0.2, 0.25) is 0 Å². The minimum absolute atomic E-state index is 0.230. The molecule has 0 fully saturated rings. The first kappa shape index (κ1) is 17.8. The maximum atomic E-state index is 12.0. The third-order valence-electron chi connectivity index (χ3n) is 4.05. The van der Waals surface area contributed by atoms with Crippen LogP contribution in [0.1, 0.15) is 5.56 Å². The second kappa shape index (κ2) is 8.37. The molecule has 0 N–H and O–H groups in total. The molecule has 3 nitrogen and oxygen atoms in total. The van der Waals surface area contributed by atoms with Gasteiger partial charge in [0.05, 0.1) is 16.0 Å². The number of esters is 1. The predicted molar refractivity (Wildman–Crippen MR) is 112 cm³/mol. The van der Waals surface area contributed by atoms with E-state index in [4.69, 9.17) is 4.74 Å². The van der Waals surface area contributed by atoms with E-state index in [9.17, 15) is 4.79 Å². The van der Waals surface area contributed by atoms with Crippen LogP contribution in [0.5, 0.6) is 0 Å². The lowest BCUT2D eigenvalue weighted by atomic mass is 10.0. The zero-order valence-corrected chi connectivity index (χ0v) is 16.1. The van der Waals surface area contributed by atoms with Gasteiger partial charge < -0.3 is 4.74 Å². The van der Waals surface area contributed by atoms with Crippen LogP contribution in [0.3, 0.4) is 0 Å². The Morgan fingerprint density at radius 2 is 1.59 bits per heavy atom. The Bertz CT molecular complexity index is 1010. The smallest absolute Gasteiger partial charge is 0.316 e. The third-order valence-corrected chi connectivity index (χ3v) is 6.20. The summed E-state index contributed by atoms with van der Waals surface area (Å²) in [5.41, 5.74) is 4.27. The van der Waals surface area contributed by atoms with E-state index in [1.165, 1.54) is 17.3 Å². The minimum Gasteiger partial charge on any atom is -0.460 e. The second-order valence-electron chi connectivity index (χ2n) is 5.96. The fourth-order valence-corrected chi connectivity index (χ4v) is 4.53. The van der Waals surface area contributed by atoms with Crippen molar-refractivity contribution in [2.24, 2.45) is 0 Å². The number of rotatable bonds is 6. The first-order valence-electron chi connectivity index (χ1n) is 8.56. The molecule has 0 aliphatic heterocycles. The second-order valence-corrected chi connectivity index (χ2v) is 8.21. The van der Waals surface area contributed by atoms with Gasteiger partial charge >= 0.3 is 5.97 Å². The summed E-state index contributed by atoms with van der Waals surface area (Å²) in [4.78, 5) is 16.5. The molecule has 3 aromatic carbocycles. The molecular formula is C22H17NO2S2. The zero-order valence-electron chi connectivity index (χ0n) is 14.5. The van der Waals surface area contributed by atoms with Gasteiger partial charge in [0.1, 0.15) is 6.61 Å². The molecule has 0 amide bonds. The van der Waals surface area contributed by atoms with Gasteiger partial charge in [0.25, 0.3) is 0 Å². The fourth-order valence-electron chi connectivity index (χ4n) is 2.66.